The maximum Gasteiger partial charge on any atom is 0.257 e. The van der Waals surface area contributed by atoms with Crippen molar-refractivity contribution < 1.29 is 9.32 Å². The van der Waals surface area contributed by atoms with E-state index in [1.54, 1.807) is 37.4 Å². The number of carbonyl (C=O) groups excluding carboxylic acids is 1. The van der Waals surface area contributed by atoms with Crippen molar-refractivity contribution in [2.75, 3.05) is 5.32 Å². The van der Waals surface area contributed by atoms with Gasteiger partial charge in [-0.3, -0.25) is 10.1 Å². The summed E-state index contributed by atoms with van der Waals surface area (Å²) in [4.78, 5) is 22.0. The van der Waals surface area contributed by atoms with Crippen LogP contribution in [0.2, 0.25) is 5.02 Å². The van der Waals surface area contributed by atoms with Crippen molar-refractivity contribution in [2.45, 2.75) is 13.3 Å². The fourth-order valence-corrected chi connectivity index (χ4v) is 3.70. The van der Waals surface area contributed by atoms with Crippen LogP contribution < -0.4 is 5.32 Å². The van der Waals surface area contributed by atoms with Gasteiger partial charge in [-0.1, -0.05) is 28.9 Å². The van der Waals surface area contributed by atoms with Gasteiger partial charge in [0.15, 0.2) is 11.0 Å². The number of anilines is 1. The van der Waals surface area contributed by atoms with E-state index in [1.807, 2.05) is 24.3 Å². The van der Waals surface area contributed by atoms with E-state index >= 15 is 0 Å². The predicted molar refractivity (Wildman–Crippen MR) is 109 cm³/mol. The summed E-state index contributed by atoms with van der Waals surface area (Å²) in [5.74, 6) is 0.765. The summed E-state index contributed by atoms with van der Waals surface area (Å²) in [6.07, 6.45) is 2.48. The Balaban J connectivity index is 1.42. The van der Waals surface area contributed by atoms with Crippen molar-refractivity contribution in [1.82, 2.24) is 15.1 Å². The number of rotatable bonds is 5. The molecule has 0 bridgehead atoms. The van der Waals surface area contributed by atoms with Gasteiger partial charge in [-0.2, -0.15) is 4.98 Å². The standard InChI is InChI=1S/C20H15ClN4O2S/c1-12-23-19(27-25-12)15-7-5-14(6-8-15)18(26)24-20-22-11-17(28-20)10-13-3-2-4-16(21)9-13/h2-9,11H,10H2,1H3,(H,22,24,26). The molecule has 0 unspecified atom stereocenters. The van der Waals surface area contributed by atoms with E-state index in [1.165, 1.54) is 11.3 Å². The largest absolute Gasteiger partial charge is 0.334 e. The number of benzene rings is 2. The number of carbonyl (C=O) groups is 1. The van der Waals surface area contributed by atoms with E-state index in [0.29, 0.717) is 33.9 Å². The normalized spacial score (nSPS) is 10.8. The van der Waals surface area contributed by atoms with Crippen LogP contribution in [0.3, 0.4) is 0 Å². The van der Waals surface area contributed by atoms with E-state index in [-0.39, 0.29) is 5.91 Å². The summed E-state index contributed by atoms with van der Waals surface area (Å²) in [5.41, 5.74) is 2.38. The molecule has 8 heteroatoms. The first-order valence-electron chi connectivity index (χ1n) is 8.48. The van der Waals surface area contributed by atoms with Gasteiger partial charge in [0.25, 0.3) is 11.8 Å². The van der Waals surface area contributed by atoms with E-state index in [9.17, 15) is 4.79 Å². The molecule has 4 aromatic rings. The molecule has 140 valence electrons. The molecule has 0 aliphatic carbocycles. The SMILES string of the molecule is Cc1noc(-c2ccc(C(=O)Nc3ncc(Cc4cccc(Cl)c4)s3)cc2)n1. The van der Waals surface area contributed by atoms with Crippen LogP contribution in [0, 0.1) is 6.92 Å². The topological polar surface area (TPSA) is 80.9 Å². The van der Waals surface area contributed by atoms with Gasteiger partial charge in [-0.15, -0.1) is 11.3 Å². The lowest BCUT2D eigenvalue weighted by molar-refractivity contribution is 0.102. The lowest BCUT2D eigenvalue weighted by Gasteiger charge is -2.02. The summed E-state index contributed by atoms with van der Waals surface area (Å²) in [6.45, 7) is 1.75. The lowest BCUT2D eigenvalue weighted by atomic mass is 10.1. The number of amides is 1. The van der Waals surface area contributed by atoms with Gasteiger partial charge in [-0.25, -0.2) is 4.98 Å². The van der Waals surface area contributed by atoms with Crippen molar-refractivity contribution in [3.8, 4) is 11.5 Å². The molecule has 0 radical (unpaired) electrons. The number of hydrogen-bond donors (Lipinski definition) is 1. The molecule has 0 aliphatic rings. The number of halogens is 1. The van der Waals surface area contributed by atoms with Crippen molar-refractivity contribution in [3.05, 3.63) is 81.6 Å². The van der Waals surface area contributed by atoms with Crippen molar-refractivity contribution >= 4 is 34.0 Å². The molecule has 0 aliphatic heterocycles. The quantitative estimate of drug-likeness (QED) is 0.500. The van der Waals surface area contributed by atoms with Gasteiger partial charge < -0.3 is 4.52 Å². The van der Waals surface area contributed by atoms with Gasteiger partial charge in [0.05, 0.1) is 0 Å². The van der Waals surface area contributed by atoms with E-state index in [0.717, 1.165) is 16.0 Å². The van der Waals surface area contributed by atoms with Gasteiger partial charge in [0.2, 0.25) is 0 Å². The van der Waals surface area contributed by atoms with Crippen molar-refractivity contribution in [2.24, 2.45) is 0 Å². The second-order valence-corrected chi connectivity index (χ2v) is 7.67. The molecule has 0 spiro atoms. The van der Waals surface area contributed by atoms with E-state index in [2.05, 4.69) is 20.4 Å². The van der Waals surface area contributed by atoms with Crippen LogP contribution in [0.5, 0.6) is 0 Å². The summed E-state index contributed by atoms with van der Waals surface area (Å²) >= 11 is 7.46. The third kappa shape index (κ3) is 4.27. The van der Waals surface area contributed by atoms with Crippen LogP contribution in [0.25, 0.3) is 11.5 Å². The molecule has 2 aromatic heterocycles. The van der Waals surface area contributed by atoms with Crippen LogP contribution in [-0.4, -0.2) is 21.0 Å². The third-order valence-electron chi connectivity index (χ3n) is 3.96. The number of aryl methyl sites for hydroxylation is 1. The fraction of sp³-hybridized carbons (Fsp3) is 0.100. The zero-order chi connectivity index (χ0) is 19.5. The summed E-state index contributed by atoms with van der Waals surface area (Å²) in [6, 6.07) is 14.7. The van der Waals surface area contributed by atoms with Gasteiger partial charge in [0.1, 0.15) is 0 Å². The van der Waals surface area contributed by atoms with Crippen LogP contribution in [-0.2, 0) is 6.42 Å². The van der Waals surface area contributed by atoms with Crippen molar-refractivity contribution in [3.63, 3.8) is 0 Å². The zero-order valence-electron chi connectivity index (χ0n) is 14.8. The van der Waals surface area contributed by atoms with Gasteiger partial charge in [0, 0.05) is 33.6 Å². The average molecular weight is 411 g/mol. The first kappa shape index (κ1) is 18.3. The van der Waals surface area contributed by atoms with E-state index < -0.39 is 0 Å². The molecule has 0 saturated carbocycles. The van der Waals surface area contributed by atoms with Crippen LogP contribution >= 0.6 is 22.9 Å². The summed E-state index contributed by atoms with van der Waals surface area (Å²) in [7, 11) is 0. The first-order valence-corrected chi connectivity index (χ1v) is 9.67. The molecular formula is C20H15ClN4O2S. The second-order valence-electron chi connectivity index (χ2n) is 6.12. The molecular weight excluding hydrogens is 396 g/mol. The highest BCUT2D eigenvalue weighted by Crippen LogP contribution is 2.23. The van der Waals surface area contributed by atoms with Crippen LogP contribution in [0.1, 0.15) is 26.6 Å². The van der Waals surface area contributed by atoms with Crippen molar-refractivity contribution in [1.29, 1.82) is 0 Å². The van der Waals surface area contributed by atoms with E-state index in [4.69, 9.17) is 16.1 Å². The maximum atomic E-state index is 12.5. The highest BCUT2D eigenvalue weighted by atomic mass is 35.5. The smallest absolute Gasteiger partial charge is 0.257 e. The highest BCUT2D eigenvalue weighted by molar-refractivity contribution is 7.15. The number of hydrogen-bond acceptors (Lipinski definition) is 6. The monoisotopic (exact) mass is 410 g/mol. The predicted octanol–water partition coefficient (Wildman–Crippen LogP) is 5.00. The number of aromatic nitrogens is 3. The molecule has 0 fully saturated rings. The minimum absolute atomic E-state index is 0.225. The second kappa shape index (κ2) is 7.92. The minimum atomic E-state index is -0.225. The Hall–Kier alpha value is -3.03. The fourth-order valence-electron chi connectivity index (χ4n) is 2.64. The number of nitrogens with one attached hydrogen (secondary N) is 1. The van der Waals surface area contributed by atoms with Gasteiger partial charge in [-0.05, 0) is 48.9 Å². The molecule has 1 N–H and O–H groups in total. The van der Waals surface area contributed by atoms with Crippen LogP contribution in [0.4, 0.5) is 5.13 Å². The number of thiazole rings is 1. The summed E-state index contributed by atoms with van der Waals surface area (Å²) in [5, 5.41) is 7.85. The Morgan fingerprint density at radius 2 is 2.04 bits per heavy atom. The Kier molecular flexibility index (Phi) is 5.18. The van der Waals surface area contributed by atoms with Crippen LogP contribution in [0.15, 0.2) is 59.3 Å². The molecule has 2 aromatic carbocycles. The molecule has 0 atom stereocenters. The Labute approximate surface area is 170 Å². The molecule has 0 saturated heterocycles. The first-order chi connectivity index (χ1) is 13.6. The molecule has 28 heavy (non-hydrogen) atoms. The molecule has 6 nitrogen and oxygen atoms in total. The summed E-state index contributed by atoms with van der Waals surface area (Å²) < 4.78 is 5.13. The Morgan fingerprint density at radius 3 is 2.75 bits per heavy atom. The Bertz CT molecular complexity index is 1120. The molecule has 1 amide bonds. The maximum absolute atomic E-state index is 12.5. The Morgan fingerprint density at radius 1 is 1.21 bits per heavy atom. The number of nitrogens with zero attached hydrogens (tertiary/aromatic N) is 3. The highest BCUT2D eigenvalue weighted by Gasteiger charge is 2.12. The third-order valence-corrected chi connectivity index (χ3v) is 5.11. The van der Waals surface area contributed by atoms with Gasteiger partial charge >= 0.3 is 0 Å². The average Bonchev–Trinajstić information content (AvgIpc) is 3.31. The molecule has 2 heterocycles. The molecule has 4 rings (SSSR count). The lowest BCUT2D eigenvalue weighted by Crippen LogP contribution is -2.11. The zero-order valence-corrected chi connectivity index (χ0v) is 16.4. The minimum Gasteiger partial charge on any atom is -0.334 e.